The van der Waals surface area contributed by atoms with E-state index in [1.807, 2.05) is 6.08 Å². The summed E-state index contributed by atoms with van der Waals surface area (Å²) in [6.45, 7) is 0. The lowest BCUT2D eigenvalue weighted by molar-refractivity contribution is -0.127. The Morgan fingerprint density at radius 1 is 1.57 bits per heavy atom. The monoisotopic (exact) mass is 196 g/mol. The van der Waals surface area contributed by atoms with E-state index in [9.17, 15) is 4.79 Å². The molecule has 2 bridgehead atoms. The van der Waals surface area contributed by atoms with E-state index in [0.717, 1.165) is 24.8 Å². The van der Waals surface area contributed by atoms with Crippen LogP contribution < -0.4 is 10.8 Å². The molecule has 1 amide bonds. The fraction of sp³-hybridized carbons (Fsp3) is 0.700. The van der Waals surface area contributed by atoms with Crippen LogP contribution in [0, 0.1) is 0 Å². The van der Waals surface area contributed by atoms with Crippen molar-refractivity contribution >= 4 is 5.91 Å². The highest BCUT2D eigenvalue weighted by Gasteiger charge is 2.31. The van der Waals surface area contributed by atoms with E-state index in [4.69, 9.17) is 0 Å². The molecule has 2 heterocycles. The van der Waals surface area contributed by atoms with Gasteiger partial charge in [0.15, 0.2) is 0 Å². The molecule has 1 saturated heterocycles. The van der Waals surface area contributed by atoms with Crippen molar-refractivity contribution in [1.82, 2.24) is 10.8 Å². The van der Waals surface area contributed by atoms with Gasteiger partial charge >= 0.3 is 0 Å². The summed E-state index contributed by atoms with van der Waals surface area (Å²) in [6, 6.07) is 0.835. The summed E-state index contributed by atoms with van der Waals surface area (Å²) in [5.41, 5.74) is 3.22. The van der Waals surface area contributed by atoms with Gasteiger partial charge in [-0.15, -0.1) is 0 Å². The quantitative estimate of drug-likeness (QED) is 0.632. The second kappa shape index (κ2) is 4.11. The molecule has 0 aliphatic carbocycles. The van der Waals surface area contributed by atoms with Gasteiger partial charge in [-0.2, -0.15) is 0 Å². The summed E-state index contributed by atoms with van der Waals surface area (Å²) in [5.74, 6) is -0.104. The highest BCUT2D eigenvalue weighted by Crippen LogP contribution is 2.25. The fourth-order valence-electron chi connectivity index (χ4n) is 2.28. The number of carbonyl (C=O) groups excluding carboxylic acids is 1. The first-order valence-electron chi connectivity index (χ1n) is 5.10. The smallest absolute Gasteiger partial charge is 0.272 e. The Kier molecular flexibility index (Phi) is 2.84. The van der Waals surface area contributed by atoms with Crippen LogP contribution >= 0.6 is 0 Å². The van der Waals surface area contributed by atoms with Gasteiger partial charge < -0.3 is 5.32 Å². The van der Waals surface area contributed by atoms with Crippen molar-refractivity contribution in [2.45, 2.75) is 37.8 Å². The number of carbonyl (C=O) groups is 1. The molecule has 0 radical (unpaired) electrons. The Balaban J connectivity index is 2.08. The third kappa shape index (κ3) is 1.81. The van der Waals surface area contributed by atoms with Gasteiger partial charge in [-0.1, -0.05) is 6.08 Å². The van der Waals surface area contributed by atoms with Crippen LogP contribution in [0.25, 0.3) is 0 Å². The number of hydrogen-bond acceptors (Lipinski definition) is 3. The SMILES string of the molecule is CONC(=O)C1=CCCC2CC[C@H]1N2. The zero-order valence-corrected chi connectivity index (χ0v) is 8.38. The number of amides is 1. The molecule has 0 aromatic rings. The minimum absolute atomic E-state index is 0.104. The second-order valence-electron chi connectivity index (χ2n) is 3.87. The van der Waals surface area contributed by atoms with Gasteiger partial charge in [-0.05, 0) is 25.7 Å². The Hall–Kier alpha value is -0.870. The minimum atomic E-state index is -0.104. The number of hydroxylamine groups is 1. The Morgan fingerprint density at radius 3 is 3.21 bits per heavy atom. The van der Waals surface area contributed by atoms with E-state index in [2.05, 4.69) is 15.6 Å². The van der Waals surface area contributed by atoms with Gasteiger partial charge in [0.25, 0.3) is 5.91 Å². The van der Waals surface area contributed by atoms with Crippen LogP contribution in [-0.4, -0.2) is 25.1 Å². The maximum absolute atomic E-state index is 11.6. The molecule has 4 heteroatoms. The van der Waals surface area contributed by atoms with E-state index in [1.54, 1.807) is 0 Å². The molecule has 2 aliphatic rings. The Morgan fingerprint density at radius 2 is 2.43 bits per heavy atom. The molecule has 2 rings (SSSR count). The van der Waals surface area contributed by atoms with Crippen molar-refractivity contribution in [3.63, 3.8) is 0 Å². The van der Waals surface area contributed by atoms with Gasteiger partial charge in [-0.25, -0.2) is 5.48 Å². The van der Waals surface area contributed by atoms with Gasteiger partial charge in [0.1, 0.15) is 0 Å². The molecule has 1 fully saturated rings. The molecule has 14 heavy (non-hydrogen) atoms. The molecule has 0 aromatic carbocycles. The summed E-state index contributed by atoms with van der Waals surface area (Å²) in [5, 5.41) is 3.46. The van der Waals surface area contributed by atoms with Crippen LogP contribution in [0.3, 0.4) is 0 Å². The lowest BCUT2D eigenvalue weighted by atomic mass is 9.99. The molecule has 2 N–H and O–H groups in total. The first-order chi connectivity index (χ1) is 6.81. The molecule has 1 unspecified atom stereocenters. The fourth-order valence-corrected chi connectivity index (χ4v) is 2.28. The summed E-state index contributed by atoms with van der Waals surface area (Å²) in [6.07, 6.45) is 6.40. The van der Waals surface area contributed by atoms with Gasteiger partial charge in [0.05, 0.1) is 7.11 Å². The Labute approximate surface area is 83.7 Å². The lowest BCUT2D eigenvalue weighted by Crippen LogP contribution is -2.35. The molecular weight excluding hydrogens is 180 g/mol. The first-order valence-corrected chi connectivity index (χ1v) is 5.10. The molecule has 0 aromatic heterocycles. The van der Waals surface area contributed by atoms with Gasteiger partial charge in [-0.3, -0.25) is 9.63 Å². The number of nitrogens with one attached hydrogen (secondary N) is 2. The maximum atomic E-state index is 11.6. The van der Waals surface area contributed by atoms with E-state index in [0.29, 0.717) is 6.04 Å². The molecule has 4 nitrogen and oxygen atoms in total. The van der Waals surface area contributed by atoms with Crippen molar-refractivity contribution in [2.75, 3.05) is 7.11 Å². The van der Waals surface area contributed by atoms with Crippen molar-refractivity contribution in [3.8, 4) is 0 Å². The molecule has 0 saturated carbocycles. The summed E-state index contributed by atoms with van der Waals surface area (Å²) in [7, 11) is 1.46. The second-order valence-corrected chi connectivity index (χ2v) is 3.87. The zero-order chi connectivity index (χ0) is 9.97. The van der Waals surface area contributed by atoms with Crippen LogP contribution in [0.1, 0.15) is 25.7 Å². The Bertz CT molecular complexity index is 263. The van der Waals surface area contributed by atoms with Gasteiger partial charge in [0.2, 0.25) is 0 Å². The van der Waals surface area contributed by atoms with Crippen molar-refractivity contribution in [3.05, 3.63) is 11.6 Å². The predicted octanol–water partition coefficient (Wildman–Crippen LogP) is 0.505. The number of rotatable bonds is 2. The summed E-state index contributed by atoms with van der Waals surface area (Å²) in [4.78, 5) is 16.2. The van der Waals surface area contributed by atoms with Crippen LogP contribution in [0.2, 0.25) is 0 Å². The molecule has 78 valence electrons. The zero-order valence-electron chi connectivity index (χ0n) is 8.38. The van der Waals surface area contributed by atoms with Crippen molar-refractivity contribution in [1.29, 1.82) is 0 Å². The highest BCUT2D eigenvalue weighted by atomic mass is 16.6. The average Bonchev–Trinajstić information content (AvgIpc) is 2.47. The first kappa shape index (κ1) is 9.68. The third-order valence-corrected chi connectivity index (χ3v) is 2.95. The van der Waals surface area contributed by atoms with Crippen molar-refractivity contribution < 1.29 is 9.63 Å². The third-order valence-electron chi connectivity index (χ3n) is 2.95. The molecular formula is C10H16N2O2. The highest BCUT2D eigenvalue weighted by molar-refractivity contribution is 5.94. The van der Waals surface area contributed by atoms with E-state index in [1.165, 1.54) is 13.5 Å². The molecule has 0 spiro atoms. The van der Waals surface area contributed by atoms with E-state index < -0.39 is 0 Å². The maximum Gasteiger partial charge on any atom is 0.272 e. The molecule has 2 atom stereocenters. The van der Waals surface area contributed by atoms with Crippen LogP contribution in [0.4, 0.5) is 0 Å². The van der Waals surface area contributed by atoms with Crippen molar-refractivity contribution in [2.24, 2.45) is 0 Å². The van der Waals surface area contributed by atoms with Gasteiger partial charge in [0, 0.05) is 17.7 Å². The van der Waals surface area contributed by atoms with Crippen LogP contribution in [-0.2, 0) is 9.63 Å². The van der Waals surface area contributed by atoms with E-state index in [-0.39, 0.29) is 11.9 Å². The van der Waals surface area contributed by atoms with E-state index >= 15 is 0 Å². The van der Waals surface area contributed by atoms with Crippen LogP contribution in [0.5, 0.6) is 0 Å². The topological polar surface area (TPSA) is 50.4 Å². The normalized spacial score (nSPS) is 30.8. The number of fused-ring (bicyclic) bond motifs is 2. The standard InChI is InChI=1S/C10H16N2O2/c1-14-12-10(13)8-4-2-3-7-5-6-9(8)11-7/h4,7,9,11H,2-3,5-6H2,1H3,(H,12,13)/t7?,9-/m1/s1. The number of allylic oxidation sites excluding steroid dienone is 1. The molecule has 2 aliphatic heterocycles. The van der Waals surface area contributed by atoms with Crippen LogP contribution in [0.15, 0.2) is 11.6 Å². The minimum Gasteiger partial charge on any atom is -0.307 e. The number of hydrogen-bond donors (Lipinski definition) is 2. The summed E-state index contributed by atoms with van der Waals surface area (Å²) >= 11 is 0. The lowest BCUT2D eigenvalue weighted by Gasteiger charge is -2.13. The largest absolute Gasteiger partial charge is 0.307 e. The predicted molar refractivity (Wildman–Crippen MR) is 52.4 cm³/mol. The summed E-state index contributed by atoms with van der Waals surface area (Å²) < 4.78 is 0. The average molecular weight is 196 g/mol.